The second kappa shape index (κ2) is 7.00. The van der Waals surface area contributed by atoms with Crippen LogP contribution >= 0.6 is 11.6 Å². The van der Waals surface area contributed by atoms with Crippen LogP contribution in [0, 0.1) is 5.82 Å². The predicted octanol–water partition coefficient (Wildman–Crippen LogP) is 3.68. The number of halogens is 2. The highest BCUT2D eigenvalue weighted by atomic mass is 35.5. The highest BCUT2D eigenvalue weighted by Crippen LogP contribution is 2.23. The zero-order valence-electron chi connectivity index (χ0n) is 12.5. The quantitative estimate of drug-likeness (QED) is 0.885. The molecule has 114 valence electrons. The van der Waals surface area contributed by atoms with E-state index >= 15 is 0 Å². The summed E-state index contributed by atoms with van der Waals surface area (Å²) in [6.07, 6.45) is 1.70. The molecule has 0 fully saturated rings. The van der Waals surface area contributed by atoms with Gasteiger partial charge in [0.2, 0.25) is 0 Å². The summed E-state index contributed by atoms with van der Waals surface area (Å²) in [6.45, 7) is 7.08. The average molecular weight is 311 g/mol. The Morgan fingerprint density at radius 2 is 2.10 bits per heavy atom. The fraction of sp³-hybridized carbons (Fsp3) is 0.467. The first-order valence-electron chi connectivity index (χ1n) is 7.25. The zero-order valence-corrected chi connectivity index (χ0v) is 13.3. The third-order valence-electron chi connectivity index (χ3n) is 3.46. The van der Waals surface area contributed by atoms with Crippen LogP contribution in [-0.4, -0.2) is 21.5 Å². The van der Waals surface area contributed by atoms with Gasteiger partial charge < -0.3 is 5.32 Å². The molecule has 0 aliphatic heterocycles. The van der Waals surface area contributed by atoms with E-state index in [1.54, 1.807) is 10.7 Å². The summed E-state index contributed by atoms with van der Waals surface area (Å²) >= 11 is 5.73. The minimum absolute atomic E-state index is 0.108. The van der Waals surface area contributed by atoms with Gasteiger partial charge in [0, 0.05) is 6.07 Å². The minimum Gasteiger partial charge on any atom is -0.309 e. The SMILES string of the molecule is CCNC(CC)c1nnn(-c2ccc(Cl)c(F)c2)c1CC. The van der Waals surface area contributed by atoms with E-state index in [0.29, 0.717) is 5.69 Å². The molecule has 21 heavy (non-hydrogen) atoms. The van der Waals surface area contributed by atoms with Crippen molar-refractivity contribution >= 4 is 11.6 Å². The second-order valence-electron chi connectivity index (χ2n) is 4.80. The summed E-state index contributed by atoms with van der Waals surface area (Å²) in [6, 6.07) is 4.83. The Labute approximate surface area is 129 Å². The number of nitrogens with one attached hydrogen (secondary N) is 1. The summed E-state index contributed by atoms with van der Waals surface area (Å²) in [7, 11) is 0. The molecule has 1 heterocycles. The van der Waals surface area contributed by atoms with E-state index in [0.717, 1.165) is 30.8 Å². The second-order valence-corrected chi connectivity index (χ2v) is 5.21. The Morgan fingerprint density at radius 1 is 1.33 bits per heavy atom. The molecule has 1 atom stereocenters. The summed E-state index contributed by atoms with van der Waals surface area (Å²) in [4.78, 5) is 0. The van der Waals surface area contributed by atoms with Gasteiger partial charge >= 0.3 is 0 Å². The maximum absolute atomic E-state index is 13.6. The monoisotopic (exact) mass is 310 g/mol. The van der Waals surface area contributed by atoms with Crippen LogP contribution in [0.15, 0.2) is 18.2 Å². The van der Waals surface area contributed by atoms with Crippen molar-refractivity contribution in [2.24, 2.45) is 0 Å². The molecule has 2 aromatic rings. The molecule has 0 aliphatic rings. The highest BCUT2D eigenvalue weighted by Gasteiger charge is 2.20. The van der Waals surface area contributed by atoms with Crippen LogP contribution in [0.25, 0.3) is 5.69 Å². The number of hydrogen-bond donors (Lipinski definition) is 1. The fourth-order valence-electron chi connectivity index (χ4n) is 2.42. The van der Waals surface area contributed by atoms with Gasteiger partial charge in [0.1, 0.15) is 11.5 Å². The van der Waals surface area contributed by atoms with Crippen molar-refractivity contribution in [3.8, 4) is 5.69 Å². The lowest BCUT2D eigenvalue weighted by molar-refractivity contribution is 0.520. The van der Waals surface area contributed by atoms with Crippen LogP contribution < -0.4 is 5.32 Å². The molecule has 4 nitrogen and oxygen atoms in total. The van der Waals surface area contributed by atoms with Gasteiger partial charge in [-0.3, -0.25) is 0 Å². The summed E-state index contributed by atoms with van der Waals surface area (Å²) in [5, 5.41) is 12.0. The first kappa shape index (κ1) is 15.9. The number of aromatic nitrogens is 3. The molecule has 1 aromatic carbocycles. The summed E-state index contributed by atoms with van der Waals surface area (Å²) in [5.74, 6) is -0.452. The Bertz CT molecular complexity index is 612. The standard InChI is InChI=1S/C15H20ClFN4/c1-4-13(18-6-3)15-14(5-2)21(20-19-15)10-7-8-11(16)12(17)9-10/h7-9,13,18H,4-6H2,1-3H3. The summed E-state index contributed by atoms with van der Waals surface area (Å²) in [5.41, 5.74) is 2.56. The Balaban J connectivity index is 2.45. The van der Waals surface area contributed by atoms with Crippen molar-refractivity contribution in [2.75, 3.05) is 6.54 Å². The lowest BCUT2D eigenvalue weighted by atomic mass is 10.1. The van der Waals surface area contributed by atoms with Crippen molar-refractivity contribution < 1.29 is 4.39 Å². The highest BCUT2D eigenvalue weighted by molar-refractivity contribution is 6.30. The smallest absolute Gasteiger partial charge is 0.143 e. The maximum atomic E-state index is 13.6. The lowest BCUT2D eigenvalue weighted by Crippen LogP contribution is -2.21. The molecule has 6 heteroatoms. The van der Waals surface area contributed by atoms with Crippen molar-refractivity contribution in [3.05, 3.63) is 40.4 Å². The molecule has 0 bridgehead atoms. The van der Waals surface area contributed by atoms with E-state index in [-0.39, 0.29) is 11.1 Å². The number of nitrogens with zero attached hydrogens (tertiary/aromatic N) is 3. The average Bonchev–Trinajstić information content (AvgIpc) is 2.91. The zero-order chi connectivity index (χ0) is 15.4. The van der Waals surface area contributed by atoms with Crippen molar-refractivity contribution in [1.29, 1.82) is 0 Å². The first-order valence-corrected chi connectivity index (χ1v) is 7.63. The third kappa shape index (κ3) is 3.24. The van der Waals surface area contributed by atoms with Crippen LogP contribution in [0.3, 0.4) is 0 Å². The van der Waals surface area contributed by atoms with Crippen LogP contribution in [0.2, 0.25) is 5.02 Å². The number of benzene rings is 1. The maximum Gasteiger partial charge on any atom is 0.143 e. The van der Waals surface area contributed by atoms with E-state index < -0.39 is 5.82 Å². The molecule has 0 radical (unpaired) electrons. The molecule has 0 amide bonds. The van der Waals surface area contributed by atoms with E-state index in [9.17, 15) is 4.39 Å². The fourth-order valence-corrected chi connectivity index (χ4v) is 2.54. The lowest BCUT2D eigenvalue weighted by Gasteiger charge is -2.15. The Hall–Kier alpha value is -1.46. The van der Waals surface area contributed by atoms with Crippen molar-refractivity contribution in [1.82, 2.24) is 20.3 Å². The van der Waals surface area contributed by atoms with Gasteiger partial charge in [0.05, 0.1) is 22.4 Å². The molecule has 2 rings (SSSR count). The van der Waals surface area contributed by atoms with E-state index in [1.165, 1.54) is 12.1 Å². The number of hydrogen-bond acceptors (Lipinski definition) is 3. The van der Waals surface area contributed by atoms with Crippen molar-refractivity contribution in [2.45, 2.75) is 39.7 Å². The molecular formula is C15H20ClFN4. The molecule has 0 saturated heterocycles. The van der Waals surface area contributed by atoms with Gasteiger partial charge in [-0.25, -0.2) is 9.07 Å². The Kier molecular flexibility index (Phi) is 5.31. The van der Waals surface area contributed by atoms with Gasteiger partial charge in [0.25, 0.3) is 0 Å². The molecule has 0 aliphatic carbocycles. The molecular weight excluding hydrogens is 291 g/mol. The van der Waals surface area contributed by atoms with Crippen LogP contribution in [0.4, 0.5) is 4.39 Å². The van der Waals surface area contributed by atoms with Gasteiger partial charge in [-0.15, -0.1) is 5.10 Å². The van der Waals surface area contributed by atoms with Crippen molar-refractivity contribution in [3.63, 3.8) is 0 Å². The van der Waals surface area contributed by atoms with Crippen LogP contribution in [-0.2, 0) is 6.42 Å². The number of rotatable bonds is 6. The first-order chi connectivity index (χ1) is 10.1. The summed E-state index contributed by atoms with van der Waals surface area (Å²) < 4.78 is 15.3. The van der Waals surface area contributed by atoms with Gasteiger partial charge in [0.15, 0.2) is 0 Å². The van der Waals surface area contributed by atoms with Gasteiger partial charge in [-0.2, -0.15) is 0 Å². The third-order valence-corrected chi connectivity index (χ3v) is 3.77. The van der Waals surface area contributed by atoms with E-state index in [4.69, 9.17) is 11.6 Å². The van der Waals surface area contributed by atoms with E-state index in [1.807, 2.05) is 6.92 Å². The minimum atomic E-state index is -0.452. The molecule has 0 saturated carbocycles. The molecule has 1 aromatic heterocycles. The van der Waals surface area contributed by atoms with Gasteiger partial charge in [-0.1, -0.05) is 37.6 Å². The van der Waals surface area contributed by atoms with Gasteiger partial charge in [-0.05, 0) is 31.5 Å². The molecule has 1 unspecified atom stereocenters. The Morgan fingerprint density at radius 3 is 2.67 bits per heavy atom. The molecule has 0 spiro atoms. The molecule has 1 N–H and O–H groups in total. The van der Waals surface area contributed by atoms with Crippen LogP contribution in [0.5, 0.6) is 0 Å². The predicted molar refractivity (Wildman–Crippen MR) is 82.4 cm³/mol. The normalized spacial score (nSPS) is 12.6. The van der Waals surface area contributed by atoms with Crippen LogP contribution in [0.1, 0.15) is 44.6 Å². The topological polar surface area (TPSA) is 42.7 Å². The van der Waals surface area contributed by atoms with E-state index in [2.05, 4.69) is 29.5 Å². The largest absolute Gasteiger partial charge is 0.309 e.